The first-order valence-electron chi connectivity index (χ1n) is 9.35. The molecule has 0 aliphatic rings. The van der Waals surface area contributed by atoms with Gasteiger partial charge in [-0.3, -0.25) is 9.78 Å². The average molecular weight is 408 g/mol. The van der Waals surface area contributed by atoms with Gasteiger partial charge in [0.1, 0.15) is 5.52 Å². The Labute approximate surface area is 172 Å². The zero-order chi connectivity index (χ0) is 20.4. The number of aromatic amines is 1. The number of aromatic nitrogens is 3. The summed E-state index contributed by atoms with van der Waals surface area (Å²) in [4.78, 5) is 24.3. The maximum absolute atomic E-state index is 15.3. The van der Waals surface area contributed by atoms with Crippen LogP contribution in [-0.2, 0) is 12.8 Å². The largest absolute Gasteiger partial charge is 0.344 e. The van der Waals surface area contributed by atoms with Gasteiger partial charge in [0, 0.05) is 40.9 Å². The van der Waals surface area contributed by atoms with E-state index in [0.717, 1.165) is 16.8 Å². The van der Waals surface area contributed by atoms with Crippen LogP contribution in [0.2, 0.25) is 5.02 Å². The highest BCUT2D eigenvalue weighted by atomic mass is 35.5. The Bertz CT molecular complexity index is 1190. The maximum atomic E-state index is 15.3. The molecule has 2 heterocycles. The highest BCUT2D eigenvalue weighted by Gasteiger charge is 2.21. The van der Waals surface area contributed by atoms with E-state index in [0.29, 0.717) is 34.5 Å². The number of fused-ring (bicyclic) bond motifs is 1. The number of pyridine rings is 1. The number of halogens is 2. The standard InChI is InChI=1S/C23H19ClFN3O/c1-14-10-16(24)6-5-15(14)11-19-18(12-20-23(22(19)25)28-13-27-20)21(29)8-7-17-4-2-3-9-26-17/h2-6,9-10,12-13H,7-8,11H2,1H3,(H,27,28). The lowest BCUT2D eigenvalue weighted by molar-refractivity contribution is 0.0981. The quantitative estimate of drug-likeness (QED) is 0.431. The minimum atomic E-state index is -0.459. The van der Waals surface area contributed by atoms with Gasteiger partial charge in [-0.2, -0.15) is 0 Å². The van der Waals surface area contributed by atoms with Crippen LogP contribution in [-0.4, -0.2) is 20.7 Å². The summed E-state index contributed by atoms with van der Waals surface area (Å²) in [6.07, 6.45) is 4.19. The molecule has 29 heavy (non-hydrogen) atoms. The van der Waals surface area contributed by atoms with Gasteiger partial charge >= 0.3 is 0 Å². The van der Waals surface area contributed by atoms with E-state index < -0.39 is 5.82 Å². The molecule has 0 amide bonds. The molecule has 1 N–H and O–H groups in total. The highest BCUT2D eigenvalue weighted by molar-refractivity contribution is 6.30. The molecule has 0 bridgehead atoms. The van der Waals surface area contributed by atoms with Gasteiger partial charge in [-0.05, 0) is 54.8 Å². The van der Waals surface area contributed by atoms with E-state index in [1.807, 2.05) is 37.3 Å². The van der Waals surface area contributed by atoms with Gasteiger partial charge in [-0.15, -0.1) is 0 Å². The summed E-state index contributed by atoms with van der Waals surface area (Å²) in [6.45, 7) is 1.93. The van der Waals surface area contributed by atoms with Crippen LogP contribution in [0.1, 0.15) is 39.2 Å². The predicted octanol–water partition coefficient (Wildman–Crippen LogP) is 5.47. The smallest absolute Gasteiger partial charge is 0.163 e. The predicted molar refractivity (Wildman–Crippen MR) is 112 cm³/mol. The van der Waals surface area contributed by atoms with E-state index in [9.17, 15) is 4.79 Å². The van der Waals surface area contributed by atoms with E-state index in [2.05, 4.69) is 15.0 Å². The molecule has 0 aliphatic heterocycles. The van der Waals surface area contributed by atoms with Gasteiger partial charge in [-0.1, -0.05) is 23.7 Å². The van der Waals surface area contributed by atoms with Crippen LogP contribution < -0.4 is 0 Å². The Kier molecular flexibility index (Phi) is 5.41. The number of H-pyrrole nitrogens is 1. The van der Waals surface area contributed by atoms with Crippen molar-refractivity contribution in [3.63, 3.8) is 0 Å². The molecule has 4 nitrogen and oxygen atoms in total. The number of rotatable bonds is 6. The summed E-state index contributed by atoms with van der Waals surface area (Å²) in [7, 11) is 0. The first kappa shape index (κ1) is 19.3. The molecule has 0 unspecified atom stereocenters. The Morgan fingerprint density at radius 1 is 1.17 bits per heavy atom. The summed E-state index contributed by atoms with van der Waals surface area (Å²) >= 11 is 6.05. The molecule has 0 aliphatic carbocycles. The van der Waals surface area contributed by atoms with Crippen molar-refractivity contribution >= 4 is 28.4 Å². The summed E-state index contributed by atoms with van der Waals surface area (Å²) in [5.41, 5.74) is 4.20. The molecule has 2 aromatic heterocycles. The number of nitrogens with zero attached hydrogens (tertiary/aromatic N) is 2. The lowest BCUT2D eigenvalue weighted by atomic mass is 9.92. The van der Waals surface area contributed by atoms with Crippen molar-refractivity contribution in [2.24, 2.45) is 0 Å². The van der Waals surface area contributed by atoms with Crippen molar-refractivity contribution in [3.8, 4) is 0 Å². The van der Waals surface area contributed by atoms with Crippen molar-refractivity contribution in [1.82, 2.24) is 15.0 Å². The first-order valence-corrected chi connectivity index (χ1v) is 9.73. The van der Waals surface area contributed by atoms with Gasteiger partial charge in [0.05, 0.1) is 11.8 Å². The van der Waals surface area contributed by atoms with Crippen LogP contribution in [0.3, 0.4) is 0 Å². The van der Waals surface area contributed by atoms with Crippen molar-refractivity contribution in [2.75, 3.05) is 0 Å². The first-order chi connectivity index (χ1) is 14.0. The lowest BCUT2D eigenvalue weighted by Crippen LogP contribution is -2.09. The second-order valence-corrected chi connectivity index (χ2v) is 7.44. The molecule has 6 heteroatoms. The number of nitrogens with one attached hydrogen (secondary N) is 1. The summed E-state index contributed by atoms with van der Waals surface area (Å²) in [5.74, 6) is -0.577. The zero-order valence-corrected chi connectivity index (χ0v) is 16.6. The van der Waals surface area contributed by atoms with Crippen molar-refractivity contribution in [2.45, 2.75) is 26.2 Å². The number of carbonyl (C=O) groups excluding carboxylic acids is 1. The number of hydrogen-bond donors (Lipinski definition) is 1. The van der Waals surface area contributed by atoms with Gasteiger partial charge in [0.15, 0.2) is 11.6 Å². The van der Waals surface area contributed by atoms with E-state index >= 15 is 4.39 Å². The van der Waals surface area contributed by atoms with Crippen LogP contribution in [0, 0.1) is 12.7 Å². The van der Waals surface area contributed by atoms with Crippen LogP contribution in [0.4, 0.5) is 4.39 Å². The molecule has 146 valence electrons. The Balaban J connectivity index is 1.71. The molecule has 2 aromatic carbocycles. The zero-order valence-electron chi connectivity index (χ0n) is 15.9. The van der Waals surface area contributed by atoms with E-state index in [4.69, 9.17) is 11.6 Å². The molecule has 0 radical (unpaired) electrons. The SMILES string of the molecule is Cc1cc(Cl)ccc1Cc1c(C(=O)CCc2ccccn2)cc2[nH]cnc2c1F. The van der Waals surface area contributed by atoms with Crippen molar-refractivity contribution in [1.29, 1.82) is 0 Å². The number of Topliss-reactive ketones (excluding diaryl/α,β-unsaturated/α-hetero) is 1. The van der Waals surface area contributed by atoms with Gasteiger partial charge in [0.25, 0.3) is 0 Å². The maximum Gasteiger partial charge on any atom is 0.163 e. The Hall–Kier alpha value is -3.05. The number of ketones is 1. The minimum absolute atomic E-state index is 0.118. The average Bonchev–Trinajstić information content (AvgIpc) is 3.19. The third-order valence-electron chi connectivity index (χ3n) is 5.06. The van der Waals surface area contributed by atoms with E-state index in [1.165, 1.54) is 6.33 Å². The molecular weight excluding hydrogens is 389 g/mol. The second-order valence-electron chi connectivity index (χ2n) is 7.01. The molecule has 0 fully saturated rings. The lowest BCUT2D eigenvalue weighted by Gasteiger charge is -2.13. The van der Waals surface area contributed by atoms with Crippen LogP contribution in [0.15, 0.2) is 55.0 Å². The Morgan fingerprint density at radius 2 is 2.03 bits per heavy atom. The normalized spacial score (nSPS) is 11.1. The number of aryl methyl sites for hydroxylation is 2. The molecule has 4 aromatic rings. The number of carbonyl (C=O) groups is 1. The summed E-state index contributed by atoms with van der Waals surface area (Å²) in [5, 5.41) is 0.626. The number of imidazole rings is 1. The van der Waals surface area contributed by atoms with E-state index in [1.54, 1.807) is 18.3 Å². The van der Waals surface area contributed by atoms with Gasteiger partial charge in [-0.25, -0.2) is 9.37 Å². The fourth-order valence-corrected chi connectivity index (χ4v) is 3.70. The van der Waals surface area contributed by atoms with Crippen LogP contribution in [0.5, 0.6) is 0 Å². The summed E-state index contributed by atoms with van der Waals surface area (Å²) < 4.78 is 15.3. The van der Waals surface area contributed by atoms with Crippen LogP contribution >= 0.6 is 11.6 Å². The van der Waals surface area contributed by atoms with Crippen molar-refractivity contribution in [3.05, 3.63) is 93.8 Å². The molecule has 0 saturated carbocycles. The van der Waals surface area contributed by atoms with Crippen LogP contribution in [0.25, 0.3) is 11.0 Å². The highest BCUT2D eigenvalue weighted by Crippen LogP contribution is 2.28. The molecule has 0 spiro atoms. The minimum Gasteiger partial charge on any atom is -0.344 e. The number of benzene rings is 2. The van der Waals surface area contributed by atoms with E-state index in [-0.39, 0.29) is 17.7 Å². The Morgan fingerprint density at radius 3 is 2.79 bits per heavy atom. The topological polar surface area (TPSA) is 58.6 Å². The summed E-state index contributed by atoms with van der Waals surface area (Å²) in [6, 6.07) is 12.8. The number of hydrogen-bond acceptors (Lipinski definition) is 3. The fourth-order valence-electron chi connectivity index (χ4n) is 3.47. The molecule has 0 atom stereocenters. The second kappa shape index (κ2) is 8.13. The molecule has 4 rings (SSSR count). The molecule has 0 saturated heterocycles. The third kappa shape index (κ3) is 4.05. The van der Waals surface area contributed by atoms with Gasteiger partial charge < -0.3 is 4.98 Å². The monoisotopic (exact) mass is 407 g/mol. The van der Waals surface area contributed by atoms with Gasteiger partial charge in [0.2, 0.25) is 0 Å². The fraction of sp³-hybridized carbons (Fsp3) is 0.174. The third-order valence-corrected chi connectivity index (χ3v) is 5.30. The molecular formula is C23H19ClFN3O. The van der Waals surface area contributed by atoms with Crippen molar-refractivity contribution < 1.29 is 9.18 Å².